The Labute approximate surface area is 154 Å². The molecule has 2 fully saturated rings. The minimum Gasteiger partial charge on any atom is -0.497 e. The number of carbonyl (C=O) groups excluding carboxylic acids is 1. The normalized spacial score (nSPS) is 27.2. The number of hydrogen-bond acceptors (Lipinski definition) is 4. The minimum absolute atomic E-state index is 0.0928. The number of methoxy groups -OCH3 is 2. The summed E-state index contributed by atoms with van der Waals surface area (Å²) in [5.41, 5.74) is 3.51. The maximum absolute atomic E-state index is 12.4. The maximum Gasteiger partial charge on any atom is 0.310 e. The number of rotatable bonds is 4. The second-order valence-corrected chi connectivity index (χ2v) is 7.29. The van der Waals surface area contributed by atoms with E-state index < -0.39 is 0 Å². The van der Waals surface area contributed by atoms with Crippen molar-refractivity contribution < 1.29 is 14.3 Å². The SMILES string of the molecule is COC(=O)C1C2CCC(CC1c1ccc(-c3cccc(OC)c3)cc1)N2. The van der Waals surface area contributed by atoms with E-state index in [-0.39, 0.29) is 23.8 Å². The summed E-state index contributed by atoms with van der Waals surface area (Å²) in [4.78, 5) is 12.4. The second kappa shape index (κ2) is 7.12. The molecule has 2 bridgehead atoms. The fourth-order valence-corrected chi connectivity index (χ4v) is 4.59. The van der Waals surface area contributed by atoms with Gasteiger partial charge < -0.3 is 14.8 Å². The van der Waals surface area contributed by atoms with Gasteiger partial charge in [0.05, 0.1) is 20.1 Å². The van der Waals surface area contributed by atoms with Crippen molar-refractivity contribution in [3.63, 3.8) is 0 Å². The third-order valence-electron chi connectivity index (χ3n) is 5.90. The molecule has 4 unspecified atom stereocenters. The highest BCUT2D eigenvalue weighted by Gasteiger charge is 2.46. The maximum atomic E-state index is 12.4. The molecule has 0 aliphatic carbocycles. The first kappa shape index (κ1) is 17.1. The van der Waals surface area contributed by atoms with E-state index in [1.807, 2.05) is 18.2 Å². The highest BCUT2D eigenvalue weighted by Crippen LogP contribution is 2.42. The molecule has 0 amide bonds. The number of hydrogen-bond donors (Lipinski definition) is 1. The van der Waals surface area contributed by atoms with Gasteiger partial charge in [-0.3, -0.25) is 4.79 Å². The Balaban J connectivity index is 1.62. The standard InChI is InChI=1S/C22H25NO3/c1-25-18-5-3-4-16(12-18)14-6-8-15(9-7-14)19-13-17-10-11-20(23-17)21(19)22(24)26-2/h3-9,12,17,19-21,23H,10-11,13H2,1-2H3. The van der Waals surface area contributed by atoms with E-state index in [0.717, 1.165) is 36.1 Å². The third-order valence-corrected chi connectivity index (χ3v) is 5.90. The van der Waals surface area contributed by atoms with Crippen molar-refractivity contribution in [1.82, 2.24) is 5.32 Å². The molecule has 4 nitrogen and oxygen atoms in total. The fraction of sp³-hybridized carbons (Fsp3) is 0.409. The third kappa shape index (κ3) is 3.10. The minimum atomic E-state index is -0.0959. The summed E-state index contributed by atoms with van der Waals surface area (Å²) in [6.45, 7) is 0. The number of fused-ring (bicyclic) bond motifs is 2. The average molecular weight is 351 g/mol. The van der Waals surface area contributed by atoms with Gasteiger partial charge in [-0.05, 0) is 48.1 Å². The van der Waals surface area contributed by atoms with Gasteiger partial charge in [0.25, 0.3) is 0 Å². The van der Waals surface area contributed by atoms with Crippen LogP contribution in [0.15, 0.2) is 48.5 Å². The van der Waals surface area contributed by atoms with Crippen molar-refractivity contribution in [1.29, 1.82) is 0 Å². The monoisotopic (exact) mass is 351 g/mol. The predicted molar refractivity (Wildman–Crippen MR) is 101 cm³/mol. The van der Waals surface area contributed by atoms with Crippen molar-refractivity contribution >= 4 is 5.97 Å². The number of nitrogens with one attached hydrogen (secondary N) is 1. The van der Waals surface area contributed by atoms with Crippen molar-refractivity contribution in [2.45, 2.75) is 37.3 Å². The van der Waals surface area contributed by atoms with Gasteiger partial charge >= 0.3 is 5.97 Å². The number of benzene rings is 2. The van der Waals surface area contributed by atoms with Crippen molar-refractivity contribution in [2.24, 2.45) is 5.92 Å². The van der Waals surface area contributed by atoms with E-state index in [9.17, 15) is 4.79 Å². The van der Waals surface area contributed by atoms with Gasteiger partial charge in [0.2, 0.25) is 0 Å². The largest absolute Gasteiger partial charge is 0.497 e. The highest BCUT2D eigenvalue weighted by atomic mass is 16.5. The van der Waals surface area contributed by atoms with E-state index in [1.165, 1.54) is 12.7 Å². The zero-order valence-electron chi connectivity index (χ0n) is 15.3. The number of esters is 1. The van der Waals surface area contributed by atoms with Crippen LogP contribution in [0.3, 0.4) is 0 Å². The van der Waals surface area contributed by atoms with Crippen LogP contribution in [0.4, 0.5) is 0 Å². The second-order valence-electron chi connectivity index (χ2n) is 7.29. The molecule has 0 saturated carbocycles. The molecule has 0 spiro atoms. The topological polar surface area (TPSA) is 47.6 Å². The van der Waals surface area contributed by atoms with Crippen LogP contribution in [0.5, 0.6) is 5.75 Å². The summed E-state index contributed by atoms with van der Waals surface area (Å²) >= 11 is 0. The first-order valence-corrected chi connectivity index (χ1v) is 9.28. The molecule has 2 aromatic carbocycles. The van der Waals surface area contributed by atoms with Gasteiger partial charge in [-0.2, -0.15) is 0 Å². The van der Waals surface area contributed by atoms with Gasteiger partial charge in [-0.15, -0.1) is 0 Å². The molecule has 4 heteroatoms. The summed E-state index contributed by atoms with van der Waals surface area (Å²) in [6.07, 6.45) is 3.20. The molecular weight excluding hydrogens is 326 g/mol. The lowest BCUT2D eigenvalue weighted by atomic mass is 9.77. The highest BCUT2D eigenvalue weighted by molar-refractivity contribution is 5.75. The average Bonchev–Trinajstić information content (AvgIpc) is 3.08. The number of piperidine rings is 1. The van der Waals surface area contributed by atoms with Crippen LogP contribution >= 0.6 is 0 Å². The van der Waals surface area contributed by atoms with Gasteiger partial charge in [0.15, 0.2) is 0 Å². The molecule has 0 aromatic heterocycles. The van der Waals surface area contributed by atoms with Crippen LogP contribution in [0.25, 0.3) is 11.1 Å². The summed E-state index contributed by atoms with van der Waals surface area (Å²) in [5, 5.41) is 3.59. The smallest absolute Gasteiger partial charge is 0.310 e. The van der Waals surface area contributed by atoms with Crippen LogP contribution in [0.2, 0.25) is 0 Å². The molecule has 0 radical (unpaired) electrons. The van der Waals surface area contributed by atoms with Crippen molar-refractivity contribution in [3.8, 4) is 16.9 Å². The van der Waals surface area contributed by atoms with Gasteiger partial charge in [0.1, 0.15) is 5.75 Å². The molecule has 4 atom stereocenters. The quantitative estimate of drug-likeness (QED) is 0.852. The molecule has 1 N–H and O–H groups in total. The fourth-order valence-electron chi connectivity index (χ4n) is 4.59. The molecule has 2 heterocycles. The van der Waals surface area contributed by atoms with Crippen LogP contribution in [-0.4, -0.2) is 32.3 Å². The van der Waals surface area contributed by atoms with Crippen LogP contribution in [-0.2, 0) is 9.53 Å². The van der Waals surface area contributed by atoms with E-state index in [2.05, 4.69) is 35.6 Å². The Morgan fingerprint density at radius 2 is 1.85 bits per heavy atom. The Morgan fingerprint density at radius 1 is 1.04 bits per heavy atom. The number of carbonyl (C=O) groups is 1. The molecule has 2 aromatic rings. The molecule has 4 rings (SSSR count). The van der Waals surface area contributed by atoms with Gasteiger partial charge in [-0.25, -0.2) is 0 Å². The molecule has 2 saturated heterocycles. The lowest BCUT2D eigenvalue weighted by Crippen LogP contribution is -2.48. The summed E-state index contributed by atoms with van der Waals surface area (Å²) in [5.74, 6) is 0.888. The van der Waals surface area contributed by atoms with Crippen LogP contribution in [0.1, 0.15) is 30.7 Å². The van der Waals surface area contributed by atoms with Crippen LogP contribution in [0, 0.1) is 5.92 Å². The molecule has 2 aliphatic heterocycles. The molecule has 136 valence electrons. The number of ether oxygens (including phenoxy) is 2. The molecule has 2 aliphatic rings. The Hall–Kier alpha value is -2.33. The molecule has 26 heavy (non-hydrogen) atoms. The lowest BCUT2D eigenvalue weighted by Gasteiger charge is -2.36. The van der Waals surface area contributed by atoms with Gasteiger partial charge in [0, 0.05) is 18.0 Å². The zero-order valence-corrected chi connectivity index (χ0v) is 15.3. The predicted octanol–water partition coefficient (Wildman–Crippen LogP) is 3.76. The van der Waals surface area contributed by atoms with Gasteiger partial charge in [-0.1, -0.05) is 36.4 Å². The summed E-state index contributed by atoms with van der Waals surface area (Å²) < 4.78 is 10.4. The van der Waals surface area contributed by atoms with E-state index in [1.54, 1.807) is 7.11 Å². The zero-order chi connectivity index (χ0) is 18.1. The lowest BCUT2D eigenvalue weighted by molar-refractivity contribution is -0.148. The van der Waals surface area contributed by atoms with E-state index >= 15 is 0 Å². The summed E-state index contributed by atoms with van der Waals surface area (Å²) in [6, 6.07) is 17.4. The Morgan fingerprint density at radius 3 is 2.58 bits per heavy atom. The molecular formula is C22H25NO3. The first-order chi connectivity index (χ1) is 12.7. The van der Waals surface area contributed by atoms with E-state index in [0.29, 0.717) is 6.04 Å². The van der Waals surface area contributed by atoms with E-state index in [4.69, 9.17) is 9.47 Å². The van der Waals surface area contributed by atoms with Crippen molar-refractivity contribution in [3.05, 3.63) is 54.1 Å². The van der Waals surface area contributed by atoms with Crippen LogP contribution < -0.4 is 10.1 Å². The Kier molecular flexibility index (Phi) is 4.68. The Bertz CT molecular complexity index is 786. The first-order valence-electron chi connectivity index (χ1n) is 9.28. The summed E-state index contributed by atoms with van der Waals surface area (Å²) in [7, 11) is 3.17. The van der Waals surface area contributed by atoms with Crippen molar-refractivity contribution in [2.75, 3.05) is 14.2 Å².